The Hall–Kier alpha value is -0.850. The molecular formula is C15H25N3O2S. The maximum absolute atomic E-state index is 12.7. The number of rotatable bonds is 3. The number of nitrogens with zero attached hydrogens (tertiary/aromatic N) is 2. The number of hydrogen-bond acceptors (Lipinski definition) is 3. The van der Waals surface area contributed by atoms with Gasteiger partial charge in [-0.25, -0.2) is 8.42 Å². The van der Waals surface area contributed by atoms with E-state index in [1.165, 1.54) is 25.7 Å². The van der Waals surface area contributed by atoms with Crippen LogP contribution in [0.1, 0.15) is 44.2 Å². The van der Waals surface area contributed by atoms with Crippen LogP contribution in [-0.2, 0) is 23.6 Å². The molecule has 6 heteroatoms. The average molecular weight is 311 g/mol. The Labute approximate surface area is 127 Å². The van der Waals surface area contributed by atoms with E-state index in [-0.39, 0.29) is 0 Å². The minimum Gasteiger partial charge on any atom is -0.352 e. The molecule has 0 aromatic carbocycles. The number of aromatic nitrogens is 1. The largest absolute Gasteiger partial charge is 0.352 e. The molecular weight excluding hydrogens is 286 g/mol. The third kappa shape index (κ3) is 2.64. The van der Waals surface area contributed by atoms with Crippen molar-refractivity contribution in [1.29, 1.82) is 0 Å². The van der Waals surface area contributed by atoms with Crippen molar-refractivity contribution in [2.45, 2.75) is 50.0 Å². The molecule has 1 aliphatic carbocycles. The van der Waals surface area contributed by atoms with Crippen LogP contribution in [-0.4, -0.2) is 30.4 Å². The maximum atomic E-state index is 12.7. The molecule has 2 aliphatic rings. The summed E-state index contributed by atoms with van der Waals surface area (Å²) in [7, 11) is -1.52. The molecule has 1 saturated carbocycles. The van der Waals surface area contributed by atoms with E-state index >= 15 is 0 Å². The summed E-state index contributed by atoms with van der Waals surface area (Å²) < 4.78 is 28.9. The average Bonchev–Trinajstić information content (AvgIpc) is 3.07. The first-order valence-electron chi connectivity index (χ1n) is 7.82. The summed E-state index contributed by atoms with van der Waals surface area (Å²) in [4.78, 5) is 0.382. The predicted molar refractivity (Wildman–Crippen MR) is 82.2 cm³/mol. The molecule has 2 fully saturated rings. The number of hydrogen-bond donors (Lipinski definition) is 1. The predicted octanol–water partition coefficient (Wildman–Crippen LogP) is 1.83. The second-order valence-corrected chi connectivity index (χ2v) is 8.53. The van der Waals surface area contributed by atoms with Crippen LogP contribution < -0.4 is 5.73 Å². The van der Waals surface area contributed by atoms with E-state index in [2.05, 4.69) is 0 Å². The minimum absolute atomic E-state index is 0.356. The van der Waals surface area contributed by atoms with E-state index < -0.39 is 10.0 Å². The molecule has 1 aliphatic heterocycles. The fourth-order valence-corrected chi connectivity index (χ4v) is 5.43. The highest BCUT2D eigenvalue weighted by Gasteiger charge is 2.40. The van der Waals surface area contributed by atoms with Gasteiger partial charge in [0.1, 0.15) is 4.90 Å². The highest BCUT2D eigenvalue weighted by Crippen LogP contribution is 2.46. The Bertz CT molecular complexity index is 605. The van der Waals surface area contributed by atoms with Crippen molar-refractivity contribution in [3.05, 3.63) is 18.0 Å². The van der Waals surface area contributed by atoms with Gasteiger partial charge in [-0.3, -0.25) is 0 Å². The smallest absolute Gasteiger partial charge is 0.244 e. The van der Waals surface area contributed by atoms with Crippen molar-refractivity contribution in [3.8, 4) is 0 Å². The highest BCUT2D eigenvalue weighted by molar-refractivity contribution is 7.89. The van der Waals surface area contributed by atoms with E-state index in [1.807, 2.05) is 7.05 Å². The number of piperidine rings is 1. The van der Waals surface area contributed by atoms with E-state index in [1.54, 1.807) is 21.1 Å². The van der Waals surface area contributed by atoms with E-state index in [4.69, 9.17) is 5.73 Å². The van der Waals surface area contributed by atoms with Crippen molar-refractivity contribution < 1.29 is 8.42 Å². The van der Waals surface area contributed by atoms with Gasteiger partial charge in [-0.05, 0) is 37.2 Å². The standard InChI is InChI=1S/C15H25N3O2S/c1-17-12-14(10-13(17)11-16)21(19,20)18-8-6-15(7-9-18)4-2-3-5-15/h10,12H,2-9,11,16H2,1H3. The molecule has 5 nitrogen and oxygen atoms in total. The molecule has 0 amide bonds. The van der Waals surface area contributed by atoms with E-state index in [9.17, 15) is 8.42 Å². The Balaban J connectivity index is 1.76. The zero-order chi connectivity index (χ0) is 15.1. The van der Waals surface area contributed by atoms with Gasteiger partial charge in [0, 0.05) is 38.6 Å². The molecule has 0 radical (unpaired) electrons. The lowest BCUT2D eigenvalue weighted by molar-refractivity contribution is 0.160. The summed E-state index contributed by atoms with van der Waals surface area (Å²) in [6.45, 7) is 1.68. The van der Waals surface area contributed by atoms with Crippen LogP contribution in [0.2, 0.25) is 0 Å². The molecule has 0 bridgehead atoms. The fourth-order valence-electron chi connectivity index (χ4n) is 3.90. The second kappa shape index (κ2) is 5.41. The molecule has 1 aromatic heterocycles. The quantitative estimate of drug-likeness (QED) is 0.926. The van der Waals surface area contributed by atoms with Gasteiger partial charge in [0.05, 0.1) is 0 Å². The van der Waals surface area contributed by atoms with Gasteiger partial charge in [-0.1, -0.05) is 12.8 Å². The summed E-state index contributed by atoms with van der Waals surface area (Å²) in [5.41, 5.74) is 6.92. The van der Waals surface area contributed by atoms with Gasteiger partial charge in [-0.15, -0.1) is 0 Å². The normalized spacial score (nSPS) is 23.0. The molecule has 118 valence electrons. The second-order valence-electron chi connectivity index (χ2n) is 6.59. The summed E-state index contributed by atoms with van der Waals surface area (Å²) in [6, 6.07) is 1.70. The summed E-state index contributed by atoms with van der Waals surface area (Å²) >= 11 is 0. The molecule has 1 aromatic rings. The fraction of sp³-hybridized carbons (Fsp3) is 0.733. The first-order valence-corrected chi connectivity index (χ1v) is 9.26. The monoisotopic (exact) mass is 311 g/mol. The summed E-state index contributed by atoms with van der Waals surface area (Å²) in [6.07, 6.45) is 8.90. The number of sulfonamides is 1. The zero-order valence-corrected chi connectivity index (χ0v) is 13.5. The van der Waals surface area contributed by atoms with Crippen LogP contribution in [0.3, 0.4) is 0 Å². The minimum atomic E-state index is -3.36. The van der Waals surface area contributed by atoms with Crippen LogP contribution in [0.25, 0.3) is 0 Å². The van der Waals surface area contributed by atoms with E-state index in [0.29, 0.717) is 29.9 Å². The van der Waals surface area contributed by atoms with Crippen molar-refractivity contribution >= 4 is 10.0 Å². The van der Waals surface area contributed by atoms with Gasteiger partial charge >= 0.3 is 0 Å². The lowest BCUT2D eigenvalue weighted by Crippen LogP contribution is -2.42. The zero-order valence-electron chi connectivity index (χ0n) is 12.7. The van der Waals surface area contributed by atoms with Gasteiger partial charge in [-0.2, -0.15) is 4.31 Å². The molecule has 2 N–H and O–H groups in total. The van der Waals surface area contributed by atoms with Crippen LogP contribution in [0.5, 0.6) is 0 Å². The molecule has 21 heavy (non-hydrogen) atoms. The molecule has 0 unspecified atom stereocenters. The maximum Gasteiger partial charge on any atom is 0.244 e. The molecule has 3 rings (SSSR count). The summed E-state index contributed by atoms with van der Waals surface area (Å²) in [5.74, 6) is 0. The first-order chi connectivity index (χ1) is 9.97. The lowest BCUT2D eigenvalue weighted by atomic mass is 9.78. The number of nitrogens with two attached hydrogens (primary N) is 1. The van der Waals surface area contributed by atoms with Gasteiger partial charge in [0.2, 0.25) is 10.0 Å². The van der Waals surface area contributed by atoms with Crippen LogP contribution >= 0.6 is 0 Å². The molecule has 1 spiro atoms. The lowest BCUT2D eigenvalue weighted by Gasteiger charge is -2.38. The van der Waals surface area contributed by atoms with Crippen molar-refractivity contribution in [1.82, 2.24) is 8.87 Å². The highest BCUT2D eigenvalue weighted by atomic mass is 32.2. The van der Waals surface area contributed by atoms with Gasteiger partial charge in [0.15, 0.2) is 0 Å². The SMILES string of the molecule is Cn1cc(S(=O)(=O)N2CCC3(CCCC3)CC2)cc1CN. The first kappa shape index (κ1) is 15.1. The molecule has 1 saturated heterocycles. The van der Waals surface area contributed by atoms with Crippen molar-refractivity contribution in [2.75, 3.05) is 13.1 Å². The third-order valence-corrected chi connectivity index (χ3v) is 7.24. The third-order valence-electron chi connectivity index (χ3n) is 5.38. The van der Waals surface area contributed by atoms with Crippen molar-refractivity contribution in [2.24, 2.45) is 18.2 Å². The van der Waals surface area contributed by atoms with Crippen LogP contribution in [0.15, 0.2) is 17.2 Å². The Kier molecular flexibility index (Phi) is 3.88. The Morgan fingerprint density at radius 3 is 2.33 bits per heavy atom. The van der Waals surface area contributed by atoms with Crippen LogP contribution in [0, 0.1) is 5.41 Å². The number of aryl methyl sites for hydroxylation is 1. The Morgan fingerprint density at radius 2 is 1.81 bits per heavy atom. The van der Waals surface area contributed by atoms with E-state index in [0.717, 1.165) is 18.5 Å². The van der Waals surface area contributed by atoms with Gasteiger partial charge in [0.25, 0.3) is 0 Å². The molecule has 2 heterocycles. The van der Waals surface area contributed by atoms with Gasteiger partial charge < -0.3 is 10.3 Å². The Morgan fingerprint density at radius 1 is 1.19 bits per heavy atom. The topological polar surface area (TPSA) is 68.3 Å². The van der Waals surface area contributed by atoms with Crippen LogP contribution in [0.4, 0.5) is 0 Å². The summed E-state index contributed by atoms with van der Waals surface area (Å²) in [5, 5.41) is 0. The van der Waals surface area contributed by atoms with Crippen molar-refractivity contribution in [3.63, 3.8) is 0 Å². The molecule has 0 atom stereocenters.